The molecule has 240 valence electrons. The van der Waals surface area contributed by atoms with Gasteiger partial charge in [-0.15, -0.1) is 0 Å². The van der Waals surface area contributed by atoms with Gasteiger partial charge in [0.05, 0.1) is 0 Å². The molecular weight excluding hydrogens is 560 g/mol. The first-order chi connectivity index (χ1) is 21.2. The lowest BCUT2D eigenvalue weighted by molar-refractivity contribution is 0.103. The standard InChI is InChI=1S/C44H52O2/c1-41(2,3)33-21-13-29(14-22-33)37(39(45)31-17-25-35(26-18-31)43(7,8)9)38(30-15-23-34(24-16-30)42(4,5)6)40(46)32-19-27-36(28-20-32)44(10,11)12/h13-28H,1-12H3/b38-37-. The van der Waals surface area contributed by atoms with Crippen molar-refractivity contribution in [2.75, 3.05) is 0 Å². The Morgan fingerprint density at radius 2 is 0.478 bits per heavy atom. The Bertz CT molecular complexity index is 1590. The van der Waals surface area contributed by atoms with Crippen molar-refractivity contribution in [3.63, 3.8) is 0 Å². The van der Waals surface area contributed by atoms with Crippen LogP contribution in [-0.4, -0.2) is 11.6 Å². The van der Waals surface area contributed by atoms with E-state index < -0.39 is 0 Å². The van der Waals surface area contributed by atoms with Gasteiger partial charge in [0, 0.05) is 22.3 Å². The minimum absolute atomic E-state index is 0.0435. The van der Waals surface area contributed by atoms with Crippen molar-refractivity contribution in [1.82, 2.24) is 0 Å². The number of allylic oxidation sites excluding steroid dienone is 2. The van der Waals surface area contributed by atoms with Gasteiger partial charge < -0.3 is 0 Å². The number of rotatable bonds is 6. The van der Waals surface area contributed by atoms with Crippen LogP contribution in [0.2, 0.25) is 0 Å². The van der Waals surface area contributed by atoms with Crippen molar-refractivity contribution in [3.05, 3.63) is 142 Å². The van der Waals surface area contributed by atoms with Crippen LogP contribution >= 0.6 is 0 Å². The minimum Gasteiger partial charge on any atom is -0.289 e. The van der Waals surface area contributed by atoms with Crippen LogP contribution in [-0.2, 0) is 21.7 Å². The second-order valence-electron chi connectivity index (χ2n) is 16.7. The molecule has 2 heteroatoms. The molecule has 0 radical (unpaired) electrons. The summed E-state index contributed by atoms with van der Waals surface area (Å²) in [6.45, 7) is 26.0. The van der Waals surface area contributed by atoms with E-state index in [4.69, 9.17) is 0 Å². The third kappa shape index (κ3) is 7.84. The second-order valence-corrected chi connectivity index (χ2v) is 16.7. The lowest BCUT2D eigenvalue weighted by atomic mass is 9.80. The van der Waals surface area contributed by atoms with Gasteiger partial charge in [-0.3, -0.25) is 9.59 Å². The summed E-state index contributed by atoms with van der Waals surface area (Å²) in [7, 11) is 0. The maximum atomic E-state index is 14.7. The molecule has 46 heavy (non-hydrogen) atoms. The molecule has 0 aliphatic heterocycles. The largest absolute Gasteiger partial charge is 0.289 e. The van der Waals surface area contributed by atoms with Gasteiger partial charge in [-0.25, -0.2) is 0 Å². The van der Waals surface area contributed by atoms with Gasteiger partial charge in [0.15, 0.2) is 11.6 Å². The first kappa shape index (κ1) is 34.8. The van der Waals surface area contributed by atoms with Crippen molar-refractivity contribution in [1.29, 1.82) is 0 Å². The highest BCUT2D eigenvalue weighted by atomic mass is 16.1. The third-order valence-corrected chi connectivity index (χ3v) is 8.81. The molecule has 0 aromatic heterocycles. The Balaban J connectivity index is 2.03. The van der Waals surface area contributed by atoms with E-state index in [1.54, 1.807) is 0 Å². The van der Waals surface area contributed by atoms with Gasteiger partial charge in [0.2, 0.25) is 0 Å². The topological polar surface area (TPSA) is 34.1 Å². The Hall–Kier alpha value is -4.04. The average molecular weight is 613 g/mol. The Morgan fingerprint density at radius 1 is 0.304 bits per heavy atom. The van der Waals surface area contributed by atoms with Crippen molar-refractivity contribution in [3.8, 4) is 0 Å². The van der Waals surface area contributed by atoms with Gasteiger partial charge >= 0.3 is 0 Å². The molecule has 0 unspecified atom stereocenters. The summed E-state index contributed by atoms with van der Waals surface area (Å²) in [5.41, 5.74) is 7.84. The van der Waals surface area contributed by atoms with Crippen molar-refractivity contribution in [2.45, 2.75) is 105 Å². The predicted molar refractivity (Wildman–Crippen MR) is 196 cm³/mol. The smallest absolute Gasteiger partial charge is 0.194 e. The lowest BCUT2D eigenvalue weighted by Crippen LogP contribution is -2.15. The summed E-state index contributed by atoms with van der Waals surface area (Å²) < 4.78 is 0. The number of carbonyl (C=O) groups is 2. The van der Waals surface area contributed by atoms with Crippen LogP contribution in [0.25, 0.3) is 11.1 Å². The first-order valence-corrected chi connectivity index (χ1v) is 16.4. The first-order valence-electron chi connectivity index (χ1n) is 16.4. The molecule has 4 aromatic carbocycles. The molecule has 0 N–H and O–H groups in total. The van der Waals surface area contributed by atoms with E-state index in [-0.39, 0.29) is 33.2 Å². The highest BCUT2D eigenvalue weighted by Gasteiger charge is 2.28. The fraction of sp³-hybridized carbons (Fsp3) is 0.364. The quantitative estimate of drug-likeness (QED) is 0.123. The average Bonchev–Trinajstić information content (AvgIpc) is 2.98. The fourth-order valence-corrected chi connectivity index (χ4v) is 5.58. The van der Waals surface area contributed by atoms with E-state index >= 15 is 0 Å². The van der Waals surface area contributed by atoms with Crippen LogP contribution in [0.1, 0.15) is 137 Å². The SMILES string of the molecule is CC(C)(C)c1ccc(C(=O)/C(=C(\C(=O)c2ccc(C(C)(C)C)cc2)c2ccc(C(C)(C)C)cc2)c2ccc(C(C)(C)C)cc2)cc1. The van der Waals surface area contributed by atoms with Gasteiger partial charge in [-0.2, -0.15) is 0 Å². The number of benzene rings is 4. The van der Waals surface area contributed by atoms with Gasteiger partial charge in [0.25, 0.3) is 0 Å². The highest BCUT2D eigenvalue weighted by molar-refractivity contribution is 6.46. The molecule has 0 fully saturated rings. The molecule has 0 saturated heterocycles. The summed E-state index contributed by atoms with van der Waals surface area (Å²) in [5, 5.41) is 0. The van der Waals surface area contributed by atoms with E-state index in [2.05, 4.69) is 107 Å². The van der Waals surface area contributed by atoms with Gasteiger partial charge in [-0.1, -0.05) is 180 Å². The van der Waals surface area contributed by atoms with Crippen LogP contribution < -0.4 is 0 Å². The van der Waals surface area contributed by atoms with Crippen LogP contribution in [0, 0.1) is 0 Å². The van der Waals surface area contributed by atoms with Crippen LogP contribution in [0.3, 0.4) is 0 Å². The number of Topliss-reactive ketones (excluding diaryl/α,β-unsaturated/α-hetero) is 2. The summed E-state index contributed by atoms with van der Waals surface area (Å²) in [5.74, 6) is -0.336. The third-order valence-electron chi connectivity index (χ3n) is 8.81. The Morgan fingerprint density at radius 3 is 0.652 bits per heavy atom. The van der Waals surface area contributed by atoms with Crippen molar-refractivity contribution in [2.24, 2.45) is 0 Å². The second kappa shape index (κ2) is 12.6. The Kier molecular flexibility index (Phi) is 9.56. The molecule has 2 nitrogen and oxygen atoms in total. The van der Waals surface area contributed by atoms with E-state index in [9.17, 15) is 9.59 Å². The van der Waals surface area contributed by atoms with Crippen molar-refractivity contribution < 1.29 is 9.59 Å². The number of hydrogen-bond acceptors (Lipinski definition) is 2. The zero-order chi connectivity index (χ0) is 34.2. The maximum Gasteiger partial charge on any atom is 0.194 e. The molecule has 0 aliphatic rings. The molecular formula is C44H52O2. The summed E-state index contributed by atoms with van der Waals surface area (Å²) in [6, 6.07) is 32.0. The van der Waals surface area contributed by atoms with E-state index in [0.29, 0.717) is 22.3 Å². The molecule has 4 rings (SSSR count). The Labute approximate surface area is 278 Å². The highest BCUT2D eigenvalue weighted by Crippen LogP contribution is 2.36. The van der Waals surface area contributed by atoms with Crippen LogP contribution in [0.5, 0.6) is 0 Å². The number of carbonyl (C=O) groups excluding carboxylic acids is 2. The van der Waals surface area contributed by atoms with E-state index in [1.807, 2.05) is 72.8 Å². The predicted octanol–water partition coefficient (Wildman–Crippen LogP) is 11.6. The van der Waals surface area contributed by atoms with E-state index in [0.717, 1.165) is 33.4 Å². The van der Waals surface area contributed by atoms with E-state index in [1.165, 1.54) is 0 Å². The van der Waals surface area contributed by atoms with Crippen molar-refractivity contribution >= 4 is 22.7 Å². The molecule has 4 aromatic rings. The number of ketones is 2. The van der Waals surface area contributed by atoms with Gasteiger partial charge in [0.1, 0.15) is 0 Å². The molecule has 0 heterocycles. The zero-order valence-electron chi connectivity index (χ0n) is 30.1. The minimum atomic E-state index is -0.168. The van der Waals surface area contributed by atoms with Gasteiger partial charge in [-0.05, 0) is 55.0 Å². The molecule has 0 atom stereocenters. The molecule has 0 aliphatic carbocycles. The summed E-state index contributed by atoms with van der Waals surface area (Å²) >= 11 is 0. The molecule has 0 saturated carbocycles. The molecule has 0 bridgehead atoms. The fourth-order valence-electron chi connectivity index (χ4n) is 5.58. The monoisotopic (exact) mass is 612 g/mol. The van der Waals surface area contributed by atoms with Crippen LogP contribution in [0.4, 0.5) is 0 Å². The van der Waals surface area contributed by atoms with Crippen LogP contribution in [0.15, 0.2) is 97.1 Å². The summed E-state index contributed by atoms with van der Waals surface area (Å²) in [6.07, 6.45) is 0. The summed E-state index contributed by atoms with van der Waals surface area (Å²) in [4.78, 5) is 29.5. The lowest BCUT2D eigenvalue weighted by Gasteiger charge is -2.22. The number of hydrogen-bond donors (Lipinski definition) is 0. The normalized spacial score (nSPS) is 13.3. The molecule has 0 spiro atoms. The zero-order valence-corrected chi connectivity index (χ0v) is 30.1. The molecule has 0 amide bonds. The maximum absolute atomic E-state index is 14.7.